The lowest BCUT2D eigenvalue weighted by atomic mass is 9.72. The maximum absolute atomic E-state index is 10.2. The van der Waals surface area contributed by atoms with Crippen LogP contribution in [0, 0.1) is 17.3 Å². The van der Waals surface area contributed by atoms with Gasteiger partial charge in [0, 0.05) is 44.6 Å². The molecule has 1 aromatic rings. The van der Waals surface area contributed by atoms with Crippen molar-refractivity contribution in [2.75, 3.05) is 44.2 Å². The highest BCUT2D eigenvalue weighted by molar-refractivity contribution is 7.13. The molecule has 0 unspecified atom stereocenters. The standard InChI is InChI=1S/C21H32N4O2S/c1-14-5-4-6-20(2,3)16(14)7-24-8-17-15(10-26)18-9-25(19-23-22-13-28-19)12-21(17,11-24)27-18/h13,15,17-18,26H,4-12H2,1-3H3/t15-,17+,18+,21-/m0/s1. The number of aliphatic hydroxyl groups excluding tert-OH is 1. The Balaban J connectivity index is 1.39. The lowest BCUT2D eigenvalue weighted by Gasteiger charge is -2.41. The predicted molar refractivity (Wildman–Crippen MR) is 111 cm³/mol. The molecule has 28 heavy (non-hydrogen) atoms. The zero-order valence-corrected chi connectivity index (χ0v) is 18.0. The van der Waals surface area contributed by atoms with Crippen LogP contribution in [0.1, 0.15) is 40.0 Å². The third-order valence-corrected chi connectivity index (χ3v) is 8.51. The Morgan fingerprint density at radius 1 is 1.32 bits per heavy atom. The van der Waals surface area contributed by atoms with Crippen molar-refractivity contribution < 1.29 is 9.84 Å². The molecular weight excluding hydrogens is 372 g/mol. The van der Waals surface area contributed by atoms with Gasteiger partial charge in [0.05, 0.1) is 12.6 Å². The highest BCUT2D eigenvalue weighted by Crippen LogP contribution is 2.50. The van der Waals surface area contributed by atoms with Gasteiger partial charge in [-0.1, -0.05) is 36.3 Å². The minimum atomic E-state index is -0.185. The van der Waals surface area contributed by atoms with E-state index < -0.39 is 0 Å². The minimum absolute atomic E-state index is 0.0990. The molecule has 3 fully saturated rings. The summed E-state index contributed by atoms with van der Waals surface area (Å²) < 4.78 is 6.64. The van der Waals surface area contributed by atoms with E-state index in [4.69, 9.17) is 4.74 Å². The van der Waals surface area contributed by atoms with E-state index in [1.807, 2.05) is 0 Å². The Morgan fingerprint density at radius 3 is 2.89 bits per heavy atom. The molecule has 0 amide bonds. The maximum Gasteiger partial charge on any atom is 0.208 e. The van der Waals surface area contributed by atoms with Gasteiger partial charge in [-0.2, -0.15) is 0 Å². The second-order valence-corrected chi connectivity index (χ2v) is 10.8. The molecule has 3 saturated heterocycles. The largest absolute Gasteiger partial charge is 0.396 e. The molecule has 7 heteroatoms. The Morgan fingerprint density at radius 2 is 2.18 bits per heavy atom. The monoisotopic (exact) mass is 404 g/mol. The average Bonchev–Trinajstić information content (AvgIpc) is 3.32. The highest BCUT2D eigenvalue weighted by Gasteiger charge is 2.62. The number of ether oxygens (including phenoxy) is 1. The predicted octanol–water partition coefficient (Wildman–Crippen LogP) is 2.56. The fourth-order valence-electron chi connectivity index (χ4n) is 6.35. The van der Waals surface area contributed by atoms with Gasteiger partial charge in [0.25, 0.3) is 0 Å². The van der Waals surface area contributed by atoms with Crippen LogP contribution in [0.4, 0.5) is 5.13 Å². The van der Waals surface area contributed by atoms with E-state index in [0.29, 0.717) is 11.3 Å². The average molecular weight is 405 g/mol. The first-order valence-electron chi connectivity index (χ1n) is 10.6. The number of aliphatic hydroxyl groups is 1. The lowest BCUT2D eigenvalue weighted by Crippen LogP contribution is -2.54. The summed E-state index contributed by atoms with van der Waals surface area (Å²) >= 11 is 1.59. The molecule has 3 aliphatic heterocycles. The van der Waals surface area contributed by atoms with E-state index in [0.717, 1.165) is 37.9 Å². The number of fused-ring (bicyclic) bond motifs is 1. The molecule has 4 atom stereocenters. The van der Waals surface area contributed by atoms with Gasteiger partial charge in [-0.15, -0.1) is 10.2 Å². The number of allylic oxidation sites excluding steroid dienone is 1. The van der Waals surface area contributed by atoms with E-state index in [-0.39, 0.29) is 24.2 Å². The van der Waals surface area contributed by atoms with Gasteiger partial charge in [-0.3, -0.25) is 4.90 Å². The lowest BCUT2D eigenvalue weighted by molar-refractivity contribution is -0.0638. The van der Waals surface area contributed by atoms with Crippen LogP contribution in [-0.2, 0) is 4.74 Å². The van der Waals surface area contributed by atoms with Crippen molar-refractivity contribution >= 4 is 16.5 Å². The second kappa shape index (κ2) is 6.76. The molecule has 0 saturated carbocycles. The molecule has 4 heterocycles. The van der Waals surface area contributed by atoms with Crippen molar-refractivity contribution in [2.24, 2.45) is 17.3 Å². The topological polar surface area (TPSA) is 61.7 Å². The second-order valence-electron chi connectivity index (χ2n) is 9.94. The normalized spacial score (nSPS) is 37.6. The van der Waals surface area contributed by atoms with E-state index >= 15 is 0 Å². The number of nitrogens with zero attached hydrogens (tertiary/aromatic N) is 4. The summed E-state index contributed by atoms with van der Waals surface area (Å²) in [6.45, 7) is 12.0. The Kier molecular flexibility index (Phi) is 4.58. The molecule has 6 nitrogen and oxygen atoms in total. The first-order chi connectivity index (χ1) is 13.4. The Hall–Kier alpha value is -1.02. The van der Waals surface area contributed by atoms with Gasteiger partial charge >= 0.3 is 0 Å². The highest BCUT2D eigenvalue weighted by atomic mass is 32.1. The molecule has 5 rings (SSSR count). The number of morpholine rings is 1. The van der Waals surface area contributed by atoms with Crippen molar-refractivity contribution in [1.82, 2.24) is 15.1 Å². The van der Waals surface area contributed by atoms with Crippen molar-refractivity contribution in [3.63, 3.8) is 0 Å². The molecule has 154 valence electrons. The van der Waals surface area contributed by atoms with Crippen molar-refractivity contribution in [1.29, 1.82) is 0 Å². The number of aromatic nitrogens is 2. The molecular formula is C21H32N4O2S. The first kappa shape index (κ1) is 19.0. The van der Waals surface area contributed by atoms with E-state index in [2.05, 4.69) is 40.8 Å². The number of rotatable bonds is 4. The summed E-state index contributed by atoms with van der Waals surface area (Å²) in [7, 11) is 0. The summed E-state index contributed by atoms with van der Waals surface area (Å²) in [4.78, 5) is 4.94. The number of likely N-dealkylation sites (tertiary alicyclic amines) is 1. The van der Waals surface area contributed by atoms with E-state index in [9.17, 15) is 5.11 Å². The summed E-state index contributed by atoms with van der Waals surface area (Å²) in [5, 5.41) is 19.5. The van der Waals surface area contributed by atoms with Crippen LogP contribution >= 0.6 is 11.3 Å². The van der Waals surface area contributed by atoms with Crippen LogP contribution in [0.2, 0.25) is 0 Å². The Labute approximate surface area is 171 Å². The first-order valence-corrected chi connectivity index (χ1v) is 11.5. The van der Waals surface area contributed by atoms with Crippen LogP contribution < -0.4 is 4.90 Å². The van der Waals surface area contributed by atoms with Crippen molar-refractivity contribution in [2.45, 2.75) is 51.7 Å². The third-order valence-electron chi connectivity index (χ3n) is 7.76. The van der Waals surface area contributed by atoms with Crippen LogP contribution in [0.25, 0.3) is 0 Å². The van der Waals surface area contributed by atoms with Gasteiger partial charge in [-0.05, 0) is 31.6 Å². The molecule has 2 bridgehead atoms. The smallest absolute Gasteiger partial charge is 0.208 e. The molecule has 1 N–H and O–H groups in total. The Bertz CT molecular complexity index is 764. The van der Waals surface area contributed by atoms with Crippen molar-refractivity contribution in [3.8, 4) is 0 Å². The van der Waals surface area contributed by atoms with Crippen LogP contribution in [0.5, 0.6) is 0 Å². The molecule has 1 aliphatic carbocycles. The summed E-state index contributed by atoms with van der Waals surface area (Å²) in [6, 6.07) is 0. The quantitative estimate of drug-likeness (QED) is 0.779. The zero-order chi connectivity index (χ0) is 19.5. The van der Waals surface area contributed by atoms with Crippen molar-refractivity contribution in [3.05, 3.63) is 16.7 Å². The minimum Gasteiger partial charge on any atom is -0.396 e. The number of hydrogen-bond donors (Lipinski definition) is 1. The summed E-state index contributed by atoms with van der Waals surface area (Å²) in [6.07, 6.45) is 3.93. The van der Waals surface area contributed by atoms with Crippen LogP contribution in [0.3, 0.4) is 0 Å². The van der Waals surface area contributed by atoms with Gasteiger partial charge in [0.15, 0.2) is 0 Å². The molecule has 0 radical (unpaired) electrons. The van der Waals surface area contributed by atoms with Crippen LogP contribution in [0.15, 0.2) is 16.7 Å². The number of hydrogen-bond acceptors (Lipinski definition) is 7. The third kappa shape index (κ3) is 2.93. The number of anilines is 1. The summed E-state index contributed by atoms with van der Waals surface area (Å²) in [5.74, 6) is 0.616. The summed E-state index contributed by atoms with van der Waals surface area (Å²) in [5.41, 5.74) is 5.12. The van der Waals surface area contributed by atoms with E-state index in [1.165, 1.54) is 19.3 Å². The van der Waals surface area contributed by atoms with Gasteiger partial charge in [0.2, 0.25) is 5.13 Å². The molecule has 4 aliphatic rings. The molecule has 0 aromatic carbocycles. The van der Waals surface area contributed by atoms with Gasteiger partial charge < -0.3 is 14.7 Å². The zero-order valence-electron chi connectivity index (χ0n) is 17.2. The SMILES string of the molecule is CC1=C(CN2C[C@@H]3[C@H](CO)[C@H]4CN(c5nncs5)C[C@]3(C2)O4)C(C)(C)CCC1. The fourth-order valence-corrected chi connectivity index (χ4v) is 6.92. The van der Waals surface area contributed by atoms with Crippen LogP contribution in [-0.4, -0.2) is 71.2 Å². The maximum atomic E-state index is 10.2. The van der Waals surface area contributed by atoms with Gasteiger partial charge in [-0.25, -0.2) is 0 Å². The fraction of sp³-hybridized carbons (Fsp3) is 0.810. The molecule has 1 aromatic heterocycles. The molecule has 1 spiro atoms. The van der Waals surface area contributed by atoms with Gasteiger partial charge in [0.1, 0.15) is 11.1 Å². The van der Waals surface area contributed by atoms with E-state index in [1.54, 1.807) is 28.0 Å².